The zero-order valence-corrected chi connectivity index (χ0v) is 9.91. The fraction of sp³-hybridized carbons (Fsp3) is 0.200. The number of hydrogen-bond acceptors (Lipinski definition) is 5. The van der Waals surface area contributed by atoms with Crippen molar-refractivity contribution in [2.45, 2.75) is 5.25 Å². The molecule has 2 rings (SSSR count). The van der Waals surface area contributed by atoms with Gasteiger partial charge in [-0.25, -0.2) is 9.55 Å². The van der Waals surface area contributed by atoms with Crippen LogP contribution in [0.1, 0.15) is 16.8 Å². The van der Waals surface area contributed by atoms with E-state index in [1.54, 1.807) is 25.4 Å². The van der Waals surface area contributed by atoms with Crippen LogP contribution in [0.2, 0.25) is 0 Å². The SMILES string of the molecule is Cn1c([N+](=O)[O-])cnc1C(S)c1ccccn1. The molecular formula is C10H10N4O2S. The number of pyridine rings is 1. The molecule has 0 saturated carbocycles. The summed E-state index contributed by atoms with van der Waals surface area (Å²) >= 11 is 4.39. The molecule has 2 aromatic heterocycles. The maximum absolute atomic E-state index is 10.7. The maximum atomic E-state index is 10.7. The molecule has 0 aliphatic rings. The van der Waals surface area contributed by atoms with Gasteiger partial charge >= 0.3 is 5.82 Å². The van der Waals surface area contributed by atoms with Gasteiger partial charge in [0.1, 0.15) is 11.4 Å². The first-order chi connectivity index (χ1) is 8.11. The van der Waals surface area contributed by atoms with Crippen molar-refractivity contribution in [3.8, 4) is 0 Å². The van der Waals surface area contributed by atoms with E-state index in [2.05, 4.69) is 22.6 Å². The summed E-state index contributed by atoms with van der Waals surface area (Å²) in [4.78, 5) is 18.4. The predicted molar refractivity (Wildman–Crippen MR) is 64.9 cm³/mol. The Bertz CT molecular complexity index is 540. The van der Waals surface area contributed by atoms with Crippen LogP contribution in [0, 0.1) is 10.1 Å². The van der Waals surface area contributed by atoms with Crippen molar-refractivity contribution in [2.24, 2.45) is 7.05 Å². The molecule has 0 saturated heterocycles. The van der Waals surface area contributed by atoms with Crippen LogP contribution in [-0.4, -0.2) is 19.5 Å². The molecule has 0 fully saturated rings. The van der Waals surface area contributed by atoms with Gasteiger partial charge in [0.2, 0.25) is 5.82 Å². The largest absolute Gasteiger partial charge is 0.358 e. The van der Waals surface area contributed by atoms with Crippen LogP contribution in [0.25, 0.3) is 0 Å². The van der Waals surface area contributed by atoms with Crippen LogP contribution >= 0.6 is 12.6 Å². The number of hydrogen-bond donors (Lipinski definition) is 1. The minimum absolute atomic E-state index is 0.0602. The van der Waals surface area contributed by atoms with Crippen LogP contribution in [0.4, 0.5) is 5.82 Å². The first-order valence-electron chi connectivity index (χ1n) is 4.86. The third-order valence-corrected chi connectivity index (χ3v) is 2.89. The van der Waals surface area contributed by atoms with E-state index < -0.39 is 4.92 Å². The van der Waals surface area contributed by atoms with E-state index in [4.69, 9.17) is 0 Å². The highest BCUT2D eigenvalue weighted by atomic mass is 32.1. The molecular weight excluding hydrogens is 240 g/mol. The van der Waals surface area contributed by atoms with Gasteiger partial charge < -0.3 is 10.1 Å². The summed E-state index contributed by atoms with van der Waals surface area (Å²) in [6, 6.07) is 5.44. The molecule has 2 aromatic rings. The number of nitrogens with zero attached hydrogens (tertiary/aromatic N) is 4. The van der Waals surface area contributed by atoms with E-state index >= 15 is 0 Å². The van der Waals surface area contributed by atoms with Crippen LogP contribution in [0.15, 0.2) is 30.6 Å². The average molecular weight is 250 g/mol. The van der Waals surface area contributed by atoms with E-state index in [0.717, 1.165) is 0 Å². The number of nitro groups is 1. The molecule has 0 aromatic carbocycles. The monoisotopic (exact) mass is 250 g/mol. The quantitative estimate of drug-likeness (QED) is 0.511. The van der Waals surface area contributed by atoms with Crippen molar-refractivity contribution in [2.75, 3.05) is 0 Å². The van der Waals surface area contributed by atoms with Gasteiger partial charge in [0.15, 0.2) is 0 Å². The molecule has 1 unspecified atom stereocenters. The molecule has 7 heteroatoms. The van der Waals surface area contributed by atoms with Crippen molar-refractivity contribution >= 4 is 18.4 Å². The topological polar surface area (TPSA) is 73.8 Å². The lowest BCUT2D eigenvalue weighted by Gasteiger charge is -2.06. The highest BCUT2D eigenvalue weighted by Crippen LogP contribution is 2.27. The van der Waals surface area contributed by atoms with E-state index in [9.17, 15) is 10.1 Å². The molecule has 0 spiro atoms. The zero-order valence-electron chi connectivity index (χ0n) is 9.02. The smallest absolute Gasteiger partial charge is 0.342 e. The van der Waals surface area contributed by atoms with E-state index in [-0.39, 0.29) is 11.1 Å². The Morgan fingerprint density at radius 1 is 1.47 bits per heavy atom. The van der Waals surface area contributed by atoms with Crippen LogP contribution in [-0.2, 0) is 7.05 Å². The summed E-state index contributed by atoms with van der Waals surface area (Å²) in [7, 11) is 1.59. The van der Waals surface area contributed by atoms with E-state index in [0.29, 0.717) is 11.5 Å². The normalized spacial score (nSPS) is 12.4. The van der Waals surface area contributed by atoms with Crippen molar-refractivity contribution in [1.29, 1.82) is 0 Å². The van der Waals surface area contributed by atoms with Gasteiger partial charge in [-0.3, -0.25) is 4.98 Å². The van der Waals surface area contributed by atoms with Crippen molar-refractivity contribution in [1.82, 2.24) is 14.5 Å². The third-order valence-electron chi connectivity index (χ3n) is 2.40. The molecule has 0 radical (unpaired) electrons. The van der Waals surface area contributed by atoms with Gasteiger partial charge in [-0.1, -0.05) is 6.07 Å². The Morgan fingerprint density at radius 3 is 2.76 bits per heavy atom. The molecule has 6 nitrogen and oxygen atoms in total. The standard InChI is InChI=1S/C10H10N4O2S/c1-13-8(14(15)16)6-12-10(13)9(17)7-4-2-3-5-11-7/h2-6,9,17H,1H3. The highest BCUT2D eigenvalue weighted by molar-refractivity contribution is 7.80. The lowest BCUT2D eigenvalue weighted by molar-refractivity contribution is -0.391. The van der Waals surface area contributed by atoms with Crippen LogP contribution in [0.3, 0.4) is 0 Å². The van der Waals surface area contributed by atoms with Crippen molar-refractivity contribution < 1.29 is 4.92 Å². The number of imidazole rings is 1. The third kappa shape index (κ3) is 2.14. The lowest BCUT2D eigenvalue weighted by atomic mass is 10.2. The second-order valence-electron chi connectivity index (χ2n) is 3.45. The Labute approximate surface area is 103 Å². The molecule has 0 aliphatic carbocycles. The highest BCUT2D eigenvalue weighted by Gasteiger charge is 2.23. The molecule has 17 heavy (non-hydrogen) atoms. The van der Waals surface area contributed by atoms with E-state index in [1.165, 1.54) is 10.8 Å². The van der Waals surface area contributed by atoms with Gasteiger partial charge in [-0.15, -0.1) is 0 Å². The molecule has 1 atom stereocenters. The number of rotatable bonds is 3. The molecule has 0 bridgehead atoms. The number of aromatic nitrogens is 3. The Hall–Kier alpha value is -1.89. The first kappa shape index (κ1) is 11.6. The number of thiol groups is 1. The Morgan fingerprint density at radius 2 is 2.24 bits per heavy atom. The lowest BCUT2D eigenvalue weighted by Crippen LogP contribution is -2.06. The summed E-state index contributed by atoms with van der Waals surface area (Å²) in [5.74, 6) is 0.439. The second kappa shape index (κ2) is 4.54. The first-order valence-corrected chi connectivity index (χ1v) is 5.38. The van der Waals surface area contributed by atoms with E-state index in [1.807, 2.05) is 6.07 Å². The van der Waals surface area contributed by atoms with Gasteiger partial charge in [0.25, 0.3) is 0 Å². The fourth-order valence-corrected chi connectivity index (χ4v) is 1.90. The summed E-state index contributed by atoms with van der Waals surface area (Å²) in [6.45, 7) is 0. The minimum Gasteiger partial charge on any atom is -0.358 e. The Kier molecular flexibility index (Phi) is 3.10. The zero-order chi connectivity index (χ0) is 12.4. The Balaban J connectivity index is 2.39. The molecule has 2 heterocycles. The molecule has 88 valence electrons. The summed E-state index contributed by atoms with van der Waals surface area (Å²) in [6.07, 6.45) is 2.87. The van der Waals surface area contributed by atoms with Gasteiger partial charge in [-0.05, 0) is 17.1 Å². The maximum Gasteiger partial charge on any atom is 0.342 e. The van der Waals surface area contributed by atoms with Gasteiger partial charge in [0, 0.05) is 6.20 Å². The second-order valence-corrected chi connectivity index (χ2v) is 3.96. The van der Waals surface area contributed by atoms with Crippen LogP contribution < -0.4 is 0 Å². The fourth-order valence-electron chi connectivity index (χ4n) is 1.51. The summed E-state index contributed by atoms with van der Waals surface area (Å²) < 4.78 is 1.41. The minimum atomic E-state index is -0.477. The van der Waals surface area contributed by atoms with Gasteiger partial charge in [0.05, 0.1) is 12.7 Å². The molecule has 0 aliphatic heterocycles. The molecule has 0 N–H and O–H groups in total. The van der Waals surface area contributed by atoms with Crippen molar-refractivity contribution in [3.05, 3.63) is 52.2 Å². The summed E-state index contributed by atoms with van der Waals surface area (Å²) in [5.41, 5.74) is 0.708. The van der Waals surface area contributed by atoms with Crippen LogP contribution in [0.5, 0.6) is 0 Å². The average Bonchev–Trinajstić information content (AvgIpc) is 2.71. The predicted octanol–water partition coefficient (Wildman–Crippen LogP) is 1.74. The van der Waals surface area contributed by atoms with Crippen molar-refractivity contribution in [3.63, 3.8) is 0 Å². The summed E-state index contributed by atoms with van der Waals surface area (Å²) in [5, 5.41) is 10.3. The molecule has 0 amide bonds. The van der Waals surface area contributed by atoms with Gasteiger partial charge in [-0.2, -0.15) is 12.6 Å².